The number of hydrogen-bond donors (Lipinski definition) is 0. The Balaban J connectivity index is 3.13. The van der Waals surface area contributed by atoms with E-state index in [1.807, 2.05) is 6.92 Å². The summed E-state index contributed by atoms with van der Waals surface area (Å²) < 4.78 is 42.6. The first kappa shape index (κ1) is 36.7. The predicted molar refractivity (Wildman–Crippen MR) is 144 cm³/mol. The van der Waals surface area contributed by atoms with Crippen molar-refractivity contribution in [3.8, 4) is 0 Å². The molecule has 0 aliphatic carbocycles. The number of esters is 2. The van der Waals surface area contributed by atoms with Gasteiger partial charge in [0.2, 0.25) is 0 Å². The molecule has 0 bridgehead atoms. The van der Waals surface area contributed by atoms with Gasteiger partial charge in [0.15, 0.2) is 0 Å². The van der Waals surface area contributed by atoms with Crippen LogP contribution in [0.4, 0.5) is 0 Å². The lowest BCUT2D eigenvalue weighted by Gasteiger charge is -2.09. The van der Waals surface area contributed by atoms with Crippen LogP contribution in [-0.4, -0.2) is 104 Å². The number of hydrogen-bond acceptors (Lipinski definition) is 10. The van der Waals surface area contributed by atoms with Crippen molar-refractivity contribution in [1.82, 2.24) is 0 Å². The zero-order valence-corrected chi connectivity index (χ0v) is 24.1. The summed E-state index contributed by atoms with van der Waals surface area (Å²) in [6, 6.07) is 0. The Morgan fingerprint density at radius 1 is 0.368 bits per heavy atom. The molecule has 0 saturated carbocycles. The van der Waals surface area contributed by atoms with Crippen molar-refractivity contribution in [1.29, 1.82) is 0 Å². The molecule has 0 rings (SSSR count). The molecule has 0 aliphatic rings. The van der Waals surface area contributed by atoms with Gasteiger partial charge in [-0.3, -0.25) is 9.59 Å². The smallest absolute Gasteiger partial charge is 0.305 e. The number of rotatable bonds is 31. The quantitative estimate of drug-likeness (QED) is 0.0924. The van der Waals surface area contributed by atoms with E-state index in [0.29, 0.717) is 92.1 Å². The maximum Gasteiger partial charge on any atom is 0.305 e. The molecule has 0 radical (unpaired) electrons. The normalized spacial score (nSPS) is 11.1. The van der Waals surface area contributed by atoms with Gasteiger partial charge in [0.05, 0.1) is 79.3 Å². The predicted octanol–water partition coefficient (Wildman–Crippen LogP) is 4.11. The van der Waals surface area contributed by atoms with Gasteiger partial charge in [0, 0.05) is 12.8 Å². The van der Waals surface area contributed by atoms with Crippen molar-refractivity contribution in [2.75, 3.05) is 92.5 Å². The molecule has 0 unspecified atom stereocenters. The van der Waals surface area contributed by atoms with Crippen LogP contribution < -0.4 is 0 Å². The maximum absolute atomic E-state index is 11.7. The summed E-state index contributed by atoms with van der Waals surface area (Å²) in [6.07, 6.45) is 10.0. The molecular weight excluding hydrogens is 496 g/mol. The van der Waals surface area contributed by atoms with Gasteiger partial charge in [-0.25, -0.2) is 0 Å². The Morgan fingerprint density at radius 2 is 0.684 bits per heavy atom. The van der Waals surface area contributed by atoms with Crippen LogP contribution in [0.25, 0.3) is 0 Å². The van der Waals surface area contributed by atoms with Crippen LogP contribution in [-0.2, 0) is 47.5 Å². The third-order valence-electron chi connectivity index (χ3n) is 5.28. The average molecular weight is 551 g/mol. The molecule has 0 N–H and O–H groups in total. The van der Waals surface area contributed by atoms with Crippen LogP contribution >= 0.6 is 0 Å². The molecule has 0 aromatic rings. The van der Waals surface area contributed by atoms with Crippen molar-refractivity contribution in [2.45, 2.75) is 78.1 Å². The van der Waals surface area contributed by atoms with Gasteiger partial charge in [0.1, 0.15) is 13.2 Å². The summed E-state index contributed by atoms with van der Waals surface area (Å²) in [6.45, 7) is 10.2. The molecule has 226 valence electrons. The molecule has 10 heteroatoms. The Kier molecular flexibility index (Phi) is 30.8. The molecule has 38 heavy (non-hydrogen) atoms. The summed E-state index contributed by atoms with van der Waals surface area (Å²) in [4.78, 5) is 22.8. The van der Waals surface area contributed by atoms with Crippen LogP contribution in [0, 0.1) is 0 Å². The van der Waals surface area contributed by atoms with Gasteiger partial charge in [-0.15, -0.1) is 0 Å². The SMILES string of the molecule is CCCCCCCCCC(=O)OCCOCCOCCOCCOCCOCCOCCOC(=O)CCC. The van der Waals surface area contributed by atoms with E-state index in [4.69, 9.17) is 37.9 Å². The van der Waals surface area contributed by atoms with Crippen molar-refractivity contribution in [3.05, 3.63) is 0 Å². The van der Waals surface area contributed by atoms with Gasteiger partial charge in [-0.2, -0.15) is 0 Å². The minimum Gasteiger partial charge on any atom is -0.463 e. The van der Waals surface area contributed by atoms with E-state index >= 15 is 0 Å². The van der Waals surface area contributed by atoms with Crippen LogP contribution in [0.15, 0.2) is 0 Å². The van der Waals surface area contributed by atoms with E-state index in [2.05, 4.69) is 6.92 Å². The monoisotopic (exact) mass is 550 g/mol. The fraction of sp³-hybridized carbons (Fsp3) is 0.929. The summed E-state index contributed by atoms with van der Waals surface area (Å²) >= 11 is 0. The van der Waals surface area contributed by atoms with Crippen molar-refractivity contribution >= 4 is 11.9 Å². The van der Waals surface area contributed by atoms with E-state index in [0.717, 1.165) is 19.3 Å². The van der Waals surface area contributed by atoms with Gasteiger partial charge in [-0.1, -0.05) is 52.4 Å². The Hall–Kier alpha value is -1.30. The van der Waals surface area contributed by atoms with Crippen LogP contribution in [0.1, 0.15) is 78.1 Å². The first-order valence-electron chi connectivity index (χ1n) is 14.5. The van der Waals surface area contributed by atoms with Gasteiger partial charge in [0.25, 0.3) is 0 Å². The van der Waals surface area contributed by atoms with E-state index in [1.54, 1.807) is 0 Å². The second-order valence-electron chi connectivity index (χ2n) is 8.74. The lowest BCUT2D eigenvalue weighted by molar-refractivity contribution is -0.146. The zero-order valence-electron chi connectivity index (χ0n) is 24.1. The molecule has 0 saturated heterocycles. The zero-order chi connectivity index (χ0) is 27.8. The Morgan fingerprint density at radius 3 is 1.05 bits per heavy atom. The second kappa shape index (κ2) is 31.9. The highest BCUT2D eigenvalue weighted by atomic mass is 16.6. The highest BCUT2D eigenvalue weighted by Gasteiger charge is 2.03. The fourth-order valence-corrected chi connectivity index (χ4v) is 3.21. The topological polar surface area (TPSA) is 108 Å². The summed E-state index contributed by atoms with van der Waals surface area (Å²) in [5, 5.41) is 0. The van der Waals surface area contributed by atoms with E-state index in [1.165, 1.54) is 32.1 Å². The first-order valence-corrected chi connectivity index (χ1v) is 14.5. The summed E-state index contributed by atoms with van der Waals surface area (Å²) in [5.74, 6) is -0.330. The maximum atomic E-state index is 11.7. The second-order valence-corrected chi connectivity index (χ2v) is 8.74. The van der Waals surface area contributed by atoms with E-state index in [-0.39, 0.29) is 25.2 Å². The average Bonchev–Trinajstić information content (AvgIpc) is 2.91. The Bertz CT molecular complexity index is 504. The fourth-order valence-electron chi connectivity index (χ4n) is 3.21. The van der Waals surface area contributed by atoms with Crippen molar-refractivity contribution < 1.29 is 47.5 Å². The standard InChI is InChI=1S/C28H54O10/c1-3-5-6-7-8-9-10-12-28(30)38-26-24-36-22-20-34-18-16-32-14-13-31-15-17-33-19-21-35-23-25-37-27(29)11-4-2/h3-26H2,1-2H3. The highest BCUT2D eigenvalue weighted by molar-refractivity contribution is 5.69. The number of unbranched alkanes of at least 4 members (excludes halogenated alkanes) is 6. The first-order chi connectivity index (χ1) is 18.7. The number of ether oxygens (including phenoxy) is 8. The highest BCUT2D eigenvalue weighted by Crippen LogP contribution is 2.08. The lowest BCUT2D eigenvalue weighted by atomic mass is 10.1. The molecule has 0 heterocycles. The van der Waals surface area contributed by atoms with Crippen molar-refractivity contribution in [3.63, 3.8) is 0 Å². The lowest BCUT2D eigenvalue weighted by Crippen LogP contribution is -2.15. The number of carbonyl (C=O) groups is 2. The molecule has 0 aromatic heterocycles. The molecule has 0 amide bonds. The molecule has 10 nitrogen and oxygen atoms in total. The summed E-state index contributed by atoms with van der Waals surface area (Å²) in [5.41, 5.74) is 0. The number of carbonyl (C=O) groups excluding carboxylic acids is 2. The molecule has 0 atom stereocenters. The van der Waals surface area contributed by atoms with Gasteiger partial charge in [-0.05, 0) is 12.8 Å². The van der Waals surface area contributed by atoms with E-state index < -0.39 is 0 Å². The molecule has 0 aromatic carbocycles. The van der Waals surface area contributed by atoms with Crippen LogP contribution in [0.2, 0.25) is 0 Å². The van der Waals surface area contributed by atoms with E-state index in [9.17, 15) is 9.59 Å². The molecule has 0 spiro atoms. The minimum atomic E-state index is -0.188. The van der Waals surface area contributed by atoms with Gasteiger partial charge < -0.3 is 37.9 Å². The van der Waals surface area contributed by atoms with Crippen molar-refractivity contribution in [2.24, 2.45) is 0 Å². The third kappa shape index (κ3) is 30.9. The third-order valence-corrected chi connectivity index (χ3v) is 5.28. The van der Waals surface area contributed by atoms with Crippen LogP contribution in [0.3, 0.4) is 0 Å². The Labute approximate surface area is 230 Å². The summed E-state index contributed by atoms with van der Waals surface area (Å²) in [7, 11) is 0. The molecular formula is C28H54O10. The largest absolute Gasteiger partial charge is 0.463 e. The van der Waals surface area contributed by atoms with Crippen LogP contribution in [0.5, 0.6) is 0 Å². The minimum absolute atomic E-state index is 0.142. The van der Waals surface area contributed by atoms with Gasteiger partial charge >= 0.3 is 11.9 Å². The molecule has 0 aliphatic heterocycles. The molecule has 0 fully saturated rings.